The van der Waals surface area contributed by atoms with Gasteiger partial charge in [-0.2, -0.15) is 0 Å². The lowest BCUT2D eigenvalue weighted by Crippen LogP contribution is -2.33. The van der Waals surface area contributed by atoms with Crippen LogP contribution in [0.25, 0.3) is 0 Å². The van der Waals surface area contributed by atoms with E-state index in [1.54, 1.807) is 6.20 Å². The van der Waals surface area contributed by atoms with Gasteiger partial charge in [0, 0.05) is 19.3 Å². The maximum atomic E-state index is 12.8. The molecule has 1 aliphatic rings. The summed E-state index contributed by atoms with van der Waals surface area (Å²) >= 11 is 0. The third-order valence-corrected chi connectivity index (χ3v) is 4.20. The van der Waals surface area contributed by atoms with E-state index in [0.717, 1.165) is 31.5 Å². The summed E-state index contributed by atoms with van der Waals surface area (Å²) in [7, 11) is 0. The van der Waals surface area contributed by atoms with Crippen LogP contribution in [0.2, 0.25) is 0 Å². The fourth-order valence-corrected chi connectivity index (χ4v) is 3.03. The van der Waals surface area contributed by atoms with Crippen LogP contribution in [0.15, 0.2) is 42.7 Å². The summed E-state index contributed by atoms with van der Waals surface area (Å²) < 4.78 is 1.86. The molecule has 0 spiro atoms. The zero-order chi connectivity index (χ0) is 14.7. The predicted molar refractivity (Wildman–Crippen MR) is 79.7 cm³/mol. The van der Waals surface area contributed by atoms with Crippen LogP contribution in [0.4, 0.5) is 0 Å². The number of benzene rings is 1. The number of likely N-dealkylation sites (tertiary alicyclic amines) is 1. The minimum atomic E-state index is -0.0410. The summed E-state index contributed by atoms with van der Waals surface area (Å²) in [6.07, 6.45) is 5.32. The molecule has 2 atom stereocenters. The second-order valence-electron chi connectivity index (χ2n) is 5.48. The van der Waals surface area contributed by atoms with Crippen molar-refractivity contribution in [3.05, 3.63) is 48.3 Å². The summed E-state index contributed by atoms with van der Waals surface area (Å²) in [5.74, 6) is 0.187. The van der Waals surface area contributed by atoms with Crippen LogP contribution in [-0.4, -0.2) is 38.9 Å². The second kappa shape index (κ2) is 6.08. The molecule has 1 aromatic heterocycles. The Hall–Kier alpha value is -2.17. The fourth-order valence-electron chi connectivity index (χ4n) is 3.03. The van der Waals surface area contributed by atoms with Gasteiger partial charge in [-0.3, -0.25) is 4.79 Å². The number of carbonyl (C=O) groups is 1. The van der Waals surface area contributed by atoms with Gasteiger partial charge in [-0.05, 0) is 18.4 Å². The quantitative estimate of drug-likeness (QED) is 0.865. The van der Waals surface area contributed by atoms with Gasteiger partial charge < -0.3 is 4.90 Å². The molecule has 1 fully saturated rings. The van der Waals surface area contributed by atoms with Crippen molar-refractivity contribution in [3.8, 4) is 0 Å². The summed E-state index contributed by atoms with van der Waals surface area (Å²) in [6.45, 7) is 3.60. The molecule has 0 radical (unpaired) electrons. The summed E-state index contributed by atoms with van der Waals surface area (Å²) in [5, 5.41) is 7.89. The number of nitrogens with zero attached hydrogens (tertiary/aromatic N) is 4. The van der Waals surface area contributed by atoms with Crippen molar-refractivity contribution in [2.24, 2.45) is 0 Å². The molecule has 21 heavy (non-hydrogen) atoms. The van der Waals surface area contributed by atoms with Gasteiger partial charge in [0.25, 0.3) is 0 Å². The molecule has 0 unspecified atom stereocenters. The molecule has 1 saturated heterocycles. The monoisotopic (exact) mass is 284 g/mol. The lowest BCUT2D eigenvalue weighted by atomic mass is 9.95. The maximum absolute atomic E-state index is 12.8. The molecule has 5 heteroatoms. The highest BCUT2D eigenvalue weighted by Gasteiger charge is 2.31. The number of rotatable bonds is 4. The van der Waals surface area contributed by atoms with Crippen LogP contribution in [0.3, 0.4) is 0 Å². The Morgan fingerprint density at radius 3 is 2.86 bits per heavy atom. The molecule has 0 N–H and O–H groups in total. The second-order valence-corrected chi connectivity index (χ2v) is 5.48. The predicted octanol–water partition coefficient (Wildman–Crippen LogP) is 2.25. The third-order valence-electron chi connectivity index (χ3n) is 4.20. The lowest BCUT2D eigenvalue weighted by molar-refractivity contribution is -0.132. The lowest BCUT2D eigenvalue weighted by Gasteiger charge is -2.23. The summed E-state index contributed by atoms with van der Waals surface area (Å²) in [4.78, 5) is 14.7. The zero-order valence-electron chi connectivity index (χ0n) is 12.2. The van der Waals surface area contributed by atoms with Crippen molar-refractivity contribution < 1.29 is 4.79 Å². The Balaban J connectivity index is 1.70. The van der Waals surface area contributed by atoms with Crippen molar-refractivity contribution in [2.75, 3.05) is 13.1 Å². The molecule has 5 nitrogen and oxygen atoms in total. The molecular formula is C16H20N4O. The Morgan fingerprint density at radius 1 is 1.38 bits per heavy atom. The van der Waals surface area contributed by atoms with Gasteiger partial charge >= 0.3 is 0 Å². The number of aromatic nitrogens is 3. The Bertz CT molecular complexity index is 582. The SMILES string of the molecule is CC[C@@H](C(=O)N1CC[C@H](n2ccnn2)C1)c1ccccc1. The maximum Gasteiger partial charge on any atom is 0.230 e. The van der Waals surface area contributed by atoms with Crippen LogP contribution in [0.1, 0.15) is 37.3 Å². The molecule has 0 saturated carbocycles. The van der Waals surface area contributed by atoms with Crippen LogP contribution in [0.5, 0.6) is 0 Å². The average molecular weight is 284 g/mol. The Kier molecular flexibility index (Phi) is 3.99. The van der Waals surface area contributed by atoms with E-state index in [1.165, 1.54) is 0 Å². The molecule has 1 aliphatic heterocycles. The Labute approximate surface area is 124 Å². The zero-order valence-corrected chi connectivity index (χ0v) is 12.2. The van der Waals surface area contributed by atoms with Gasteiger partial charge in [-0.25, -0.2) is 4.68 Å². The highest BCUT2D eigenvalue weighted by Crippen LogP contribution is 2.27. The first-order chi connectivity index (χ1) is 10.3. The molecule has 0 aliphatic carbocycles. The van der Waals surface area contributed by atoms with Crippen molar-refractivity contribution in [3.63, 3.8) is 0 Å². The van der Waals surface area contributed by atoms with Gasteiger partial charge in [0.05, 0.1) is 18.2 Å². The van der Waals surface area contributed by atoms with Crippen LogP contribution >= 0.6 is 0 Å². The van der Waals surface area contributed by atoms with Crippen molar-refractivity contribution >= 4 is 5.91 Å². The average Bonchev–Trinajstić information content (AvgIpc) is 3.20. The highest BCUT2D eigenvalue weighted by molar-refractivity contribution is 5.84. The van der Waals surface area contributed by atoms with Gasteiger partial charge in [0.2, 0.25) is 5.91 Å². The van der Waals surface area contributed by atoms with Gasteiger partial charge in [0.1, 0.15) is 0 Å². The molecular weight excluding hydrogens is 264 g/mol. The third kappa shape index (κ3) is 2.82. The molecule has 110 valence electrons. The summed E-state index contributed by atoms with van der Waals surface area (Å²) in [5.41, 5.74) is 1.11. The number of amides is 1. The molecule has 2 aromatic rings. The van der Waals surface area contributed by atoms with E-state index in [4.69, 9.17) is 0 Å². The number of hydrogen-bond donors (Lipinski definition) is 0. The fraction of sp³-hybridized carbons (Fsp3) is 0.438. The largest absolute Gasteiger partial charge is 0.340 e. The summed E-state index contributed by atoms with van der Waals surface area (Å²) in [6, 6.07) is 10.3. The van der Waals surface area contributed by atoms with Gasteiger partial charge in [-0.1, -0.05) is 42.5 Å². The van der Waals surface area contributed by atoms with Crippen molar-refractivity contribution in [1.29, 1.82) is 0 Å². The van der Waals surface area contributed by atoms with Crippen molar-refractivity contribution in [1.82, 2.24) is 19.9 Å². The van der Waals surface area contributed by atoms with E-state index in [0.29, 0.717) is 0 Å². The first-order valence-corrected chi connectivity index (χ1v) is 7.49. The molecule has 1 amide bonds. The van der Waals surface area contributed by atoms with E-state index in [9.17, 15) is 4.79 Å². The standard InChI is InChI=1S/C16H20N4O/c1-2-15(13-6-4-3-5-7-13)16(21)19-10-8-14(12-19)20-11-9-17-18-20/h3-7,9,11,14-15H,2,8,10,12H2,1H3/t14-,15+/m0/s1. The Morgan fingerprint density at radius 2 is 2.19 bits per heavy atom. The number of hydrogen-bond acceptors (Lipinski definition) is 3. The van der Waals surface area contributed by atoms with Crippen LogP contribution in [-0.2, 0) is 4.79 Å². The van der Waals surface area contributed by atoms with Gasteiger partial charge in [0.15, 0.2) is 0 Å². The molecule has 1 aromatic carbocycles. The number of carbonyl (C=O) groups excluding carboxylic acids is 1. The highest BCUT2D eigenvalue weighted by atomic mass is 16.2. The van der Waals surface area contributed by atoms with E-state index >= 15 is 0 Å². The first-order valence-electron chi connectivity index (χ1n) is 7.49. The van der Waals surface area contributed by atoms with Crippen LogP contribution < -0.4 is 0 Å². The molecule has 3 rings (SSSR count). The minimum absolute atomic E-state index is 0.0410. The van der Waals surface area contributed by atoms with Crippen LogP contribution in [0, 0.1) is 0 Å². The smallest absolute Gasteiger partial charge is 0.230 e. The first kappa shape index (κ1) is 13.8. The topological polar surface area (TPSA) is 51.0 Å². The van der Waals surface area contributed by atoms with E-state index in [-0.39, 0.29) is 17.9 Å². The van der Waals surface area contributed by atoms with E-state index < -0.39 is 0 Å². The molecule has 0 bridgehead atoms. The van der Waals surface area contributed by atoms with Gasteiger partial charge in [-0.15, -0.1) is 5.10 Å². The minimum Gasteiger partial charge on any atom is -0.340 e. The van der Waals surface area contributed by atoms with E-state index in [1.807, 2.05) is 46.1 Å². The molecule has 2 heterocycles. The normalized spacial score (nSPS) is 19.7. The van der Waals surface area contributed by atoms with E-state index in [2.05, 4.69) is 17.2 Å². The van der Waals surface area contributed by atoms with Crippen molar-refractivity contribution in [2.45, 2.75) is 31.7 Å².